The van der Waals surface area contributed by atoms with Gasteiger partial charge >= 0.3 is 0 Å². The molecule has 0 radical (unpaired) electrons. The highest BCUT2D eigenvalue weighted by molar-refractivity contribution is 9.11. The molecule has 2 heterocycles. The second kappa shape index (κ2) is 5.35. The topological polar surface area (TPSA) is 64.0 Å². The van der Waals surface area contributed by atoms with Crippen molar-refractivity contribution in [3.8, 4) is 0 Å². The van der Waals surface area contributed by atoms with Crippen molar-refractivity contribution in [2.75, 3.05) is 0 Å². The summed E-state index contributed by atoms with van der Waals surface area (Å²) in [5, 5.41) is 4.18. The van der Waals surface area contributed by atoms with Crippen LogP contribution in [-0.4, -0.2) is 18.2 Å². The summed E-state index contributed by atoms with van der Waals surface area (Å²) in [4.78, 5) is 0. The fraction of sp³-hybridized carbons (Fsp3) is 0.364. The van der Waals surface area contributed by atoms with Gasteiger partial charge in [0.05, 0.1) is 9.48 Å². The van der Waals surface area contributed by atoms with Gasteiger partial charge in [0, 0.05) is 25.4 Å². The molecule has 0 spiro atoms. The highest BCUT2D eigenvalue weighted by atomic mass is 79.9. The number of thiophene rings is 1. The van der Waals surface area contributed by atoms with E-state index in [0.29, 0.717) is 4.21 Å². The van der Waals surface area contributed by atoms with Gasteiger partial charge in [0.1, 0.15) is 4.21 Å². The maximum Gasteiger partial charge on any atom is 0.250 e. The quantitative estimate of drug-likeness (QED) is 0.906. The number of sulfonamides is 1. The second-order valence-electron chi connectivity index (χ2n) is 4.26. The molecule has 2 aromatic rings. The number of halogens is 1. The Hall–Kier alpha value is -0.700. The van der Waals surface area contributed by atoms with E-state index in [1.807, 2.05) is 27.1 Å². The van der Waals surface area contributed by atoms with Crippen LogP contribution in [0.25, 0.3) is 0 Å². The van der Waals surface area contributed by atoms with Gasteiger partial charge in [-0.1, -0.05) is 0 Å². The van der Waals surface area contributed by atoms with Crippen molar-refractivity contribution in [3.05, 3.63) is 32.9 Å². The first-order valence-corrected chi connectivity index (χ1v) is 8.63. The molecule has 19 heavy (non-hydrogen) atoms. The molecule has 0 fully saturated rings. The van der Waals surface area contributed by atoms with Crippen molar-refractivity contribution < 1.29 is 8.42 Å². The van der Waals surface area contributed by atoms with Gasteiger partial charge in [-0.25, -0.2) is 13.1 Å². The van der Waals surface area contributed by atoms with Gasteiger partial charge in [0.2, 0.25) is 10.0 Å². The lowest BCUT2D eigenvalue weighted by atomic mass is 10.3. The number of hydrogen-bond donors (Lipinski definition) is 1. The zero-order chi connectivity index (χ0) is 14.2. The first-order valence-electron chi connectivity index (χ1n) is 5.54. The number of hydrogen-bond acceptors (Lipinski definition) is 4. The fourth-order valence-electron chi connectivity index (χ4n) is 1.63. The zero-order valence-electron chi connectivity index (χ0n) is 10.8. The van der Waals surface area contributed by atoms with Crippen molar-refractivity contribution in [1.82, 2.24) is 14.5 Å². The molecule has 0 aliphatic rings. The van der Waals surface area contributed by atoms with Gasteiger partial charge < -0.3 is 0 Å². The molecule has 0 aromatic carbocycles. The summed E-state index contributed by atoms with van der Waals surface area (Å²) < 4.78 is 29.7. The molecule has 104 valence electrons. The maximum absolute atomic E-state index is 12.1. The lowest BCUT2D eigenvalue weighted by molar-refractivity contribution is 0.583. The van der Waals surface area contributed by atoms with Crippen molar-refractivity contribution in [2.45, 2.75) is 24.6 Å². The maximum atomic E-state index is 12.1. The van der Waals surface area contributed by atoms with Crippen LogP contribution in [-0.2, 0) is 23.6 Å². The van der Waals surface area contributed by atoms with E-state index in [2.05, 4.69) is 25.8 Å². The second-order valence-corrected chi connectivity index (χ2v) is 8.62. The summed E-state index contributed by atoms with van der Waals surface area (Å²) in [6, 6.07) is 1.66. The molecule has 0 unspecified atom stereocenters. The average Bonchev–Trinajstić information content (AvgIpc) is 2.81. The Kier molecular flexibility index (Phi) is 4.14. The Morgan fingerprint density at radius 1 is 1.47 bits per heavy atom. The first kappa shape index (κ1) is 14.7. The minimum absolute atomic E-state index is 0.247. The lowest BCUT2D eigenvalue weighted by Crippen LogP contribution is -2.22. The smallest absolute Gasteiger partial charge is 0.250 e. The Morgan fingerprint density at radius 3 is 2.63 bits per heavy atom. The fourth-order valence-corrected chi connectivity index (χ4v) is 4.91. The highest BCUT2D eigenvalue weighted by Crippen LogP contribution is 2.30. The number of aryl methyl sites for hydroxylation is 3. The average molecular weight is 364 g/mol. The van der Waals surface area contributed by atoms with Crippen LogP contribution in [0.2, 0.25) is 0 Å². The number of nitrogens with one attached hydrogen (secondary N) is 1. The van der Waals surface area contributed by atoms with E-state index >= 15 is 0 Å². The highest BCUT2D eigenvalue weighted by Gasteiger charge is 2.18. The van der Waals surface area contributed by atoms with E-state index in [4.69, 9.17) is 0 Å². The van der Waals surface area contributed by atoms with Crippen LogP contribution in [0.15, 0.2) is 20.3 Å². The molecule has 0 aliphatic carbocycles. The van der Waals surface area contributed by atoms with Crippen molar-refractivity contribution in [2.24, 2.45) is 7.05 Å². The summed E-state index contributed by atoms with van der Waals surface area (Å²) in [5.74, 6) is 0. The largest absolute Gasteiger partial charge is 0.275 e. The molecule has 0 saturated heterocycles. The summed E-state index contributed by atoms with van der Waals surface area (Å²) >= 11 is 4.54. The predicted octanol–water partition coefficient (Wildman–Crippen LogP) is 2.34. The third kappa shape index (κ3) is 3.25. The zero-order valence-corrected chi connectivity index (χ0v) is 14.0. The Morgan fingerprint density at radius 2 is 2.16 bits per heavy atom. The van der Waals surface area contributed by atoms with Crippen molar-refractivity contribution >= 4 is 37.3 Å². The normalized spacial score (nSPS) is 12.0. The van der Waals surface area contributed by atoms with Crippen molar-refractivity contribution in [1.29, 1.82) is 0 Å². The summed E-state index contributed by atoms with van der Waals surface area (Å²) in [6.45, 7) is 3.97. The molecule has 0 aliphatic heterocycles. The van der Waals surface area contributed by atoms with E-state index in [9.17, 15) is 8.42 Å². The third-order valence-electron chi connectivity index (χ3n) is 2.67. The van der Waals surface area contributed by atoms with Crippen LogP contribution >= 0.6 is 27.3 Å². The number of aromatic nitrogens is 2. The molecule has 0 bridgehead atoms. The first-order chi connectivity index (χ1) is 8.79. The van der Waals surface area contributed by atoms with Crippen LogP contribution < -0.4 is 4.72 Å². The predicted molar refractivity (Wildman–Crippen MR) is 78.7 cm³/mol. The molecule has 2 aromatic heterocycles. The molecule has 2 rings (SSSR count). The Bertz CT molecular complexity index is 684. The SMILES string of the molecule is Cc1cc(S(=O)(=O)NCc2cn(C)nc2C)sc1Br. The van der Waals surface area contributed by atoms with E-state index in [0.717, 1.165) is 20.6 Å². The lowest BCUT2D eigenvalue weighted by Gasteiger charge is -2.03. The summed E-state index contributed by atoms with van der Waals surface area (Å²) in [6.07, 6.45) is 1.81. The molecular weight excluding hydrogens is 350 g/mol. The van der Waals surface area contributed by atoms with Crippen LogP contribution in [0.4, 0.5) is 0 Å². The van der Waals surface area contributed by atoms with Crippen molar-refractivity contribution in [3.63, 3.8) is 0 Å². The van der Waals surface area contributed by atoms with Gasteiger partial charge in [-0.15, -0.1) is 11.3 Å². The molecule has 0 atom stereocenters. The van der Waals surface area contributed by atoms with Gasteiger partial charge in [-0.3, -0.25) is 4.68 Å². The van der Waals surface area contributed by atoms with E-state index in [-0.39, 0.29) is 6.54 Å². The summed E-state index contributed by atoms with van der Waals surface area (Å²) in [5.41, 5.74) is 2.62. The number of nitrogens with zero attached hydrogens (tertiary/aromatic N) is 2. The van der Waals surface area contributed by atoms with Gasteiger partial charge in [-0.2, -0.15) is 5.10 Å². The van der Waals surface area contributed by atoms with E-state index in [1.54, 1.807) is 10.7 Å². The summed E-state index contributed by atoms with van der Waals surface area (Å²) in [7, 11) is -1.66. The third-order valence-corrected chi connectivity index (χ3v) is 6.68. The molecule has 0 saturated carbocycles. The molecule has 8 heteroatoms. The molecule has 5 nitrogen and oxygen atoms in total. The van der Waals surface area contributed by atoms with Crippen LogP contribution in [0, 0.1) is 13.8 Å². The van der Waals surface area contributed by atoms with Crippen LogP contribution in [0.1, 0.15) is 16.8 Å². The van der Waals surface area contributed by atoms with E-state index < -0.39 is 10.0 Å². The number of rotatable bonds is 4. The van der Waals surface area contributed by atoms with Crippen LogP contribution in [0.5, 0.6) is 0 Å². The van der Waals surface area contributed by atoms with Gasteiger partial charge in [-0.05, 0) is 41.4 Å². The monoisotopic (exact) mass is 363 g/mol. The van der Waals surface area contributed by atoms with E-state index in [1.165, 1.54) is 11.3 Å². The Balaban J connectivity index is 2.16. The minimum atomic E-state index is -3.47. The van der Waals surface area contributed by atoms with Crippen LogP contribution in [0.3, 0.4) is 0 Å². The molecule has 1 N–H and O–H groups in total. The standard InChI is InChI=1S/C11H14BrN3O2S2/c1-7-4-10(18-11(7)12)19(16,17)13-5-9-6-15(3)14-8(9)2/h4,6,13H,5H2,1-3H3. The minimum Gasteiger partial charge on any atom is -0.275 e. The van der Waals surface area contributed by atoms with Gasteiger partial charge in [0.15, 0.2) is 0 Å². The van der Waals surface area contributed by atoms with Gasteiger partial charge in [0.25, 0.3) is 0 Å². The Labute approximate surface area is 124 Å². The molecular formula is C11H14BrN3O2S2. The molecule has 0 amide bonds.